The molecule has 0 bridgehead atoms. The average Bonchev–Trinajstić information content (AvgIpc) is 3.43. The van der Waals surface area contributed by atoms with Crippen LogP contribution in [-0.4, -0.2) is 76.6 Å². The number of likely N-dealkylation sites (tertiary alicyclic amines) is 1. The Balaban J connectivity index is 1.42. The summed E-state index contributed by atoms with van der Waals surface area (Å²) in [7, 11) is 0. The molecule has 2 saturated heterocycles. The van der Waals surface area contributed by atoms with Gasteiger partial charge in [-0.25, -0.2) is 0 Å². The summed E-state index contributed by atoms with van der Waals surface area (Å²) in [5.74, 6) is 1.98. The van der Waals surface area contributed by atoms with Crippen LogP contribution in [0.25, 0.3) is 0 Å². The summed E-state index contributed by atoms with van der Waals surface area (Å²) in [6.07, 6.45) is 12.6. The third-order valence-corrected chi connectivity index (χ3v) is 9.75. The first-order valence-corrected chi connectivity index (χ1v) is 14.3. The van der Waals surface area contributed by atoms with Crippen LogP contribution >= 0.6 is 24.4 Å². The lowest BCUT2D eigenvalue weighted by molar-refractivity contribution is -0.139. The molecule has 2 amide bonds. The second-order valence-corrected chi connectivity index (χ2v) is 12.5. The van der Waals surface area contributed by atoms with Crippen molar-refractivity contribution in [2.24, 2.45) is 17.8 Å². The molecule has 3 aliphatic heterocycles. The average molecular weight is 504 g/mol. The molecule has 34 heavy (non-hydrogen) atoms. The predicted molar refractivity (Wildman–Crippen MR) is 145 cm³/mol. The first kappa shape index (κ1) is 25.9. The largest absolute Gasteiger partial charge is 0.343 e. The van der Waals surface area contributed by atoms with Crippen LogP contribution < -0.4 is 0 Å². The predicted octanol–water partition coefficient (Wildman–Crippen LogP) is 4.58. The Bertz CT molecular complexity index is 860. The molecule has 3 fully saturated rings. The number of allylic oxidation sites excluding steroid dienone is 4. The molecular weight excluding hydrogens is 462 g/mol. The molecule has 1 saturated carbocycles. The molecule has 0 aromatic heterocycles. The summed E-state index contributed by atoms with van der Waals surface area (Å²) < 4.78 is 0. The first-order valence-electron chi connectivity index (χ1n) is 13.0. The number of thioether (sulfide) groups is 1. The number of piperidine rings is 1. The summed E-state index contributed by atoms with van der Waals surface area (Å²) in [5, 5.41) is 0.776. The Hall–Kier alpha value is -1.18. The van der Waals surface area contributed by atoms with E-state index in [4.69, 9.17) is 12.6 Å². The third-order valence-electron chi connectivity index (χ3n) is 7.88. The lowest BCUT2D eigenvalue weighted by Gasteiger charge is -2.47. The van der Waals surface area contributed by atoms with Crippen molar-refractivity contribution in [3.8, 4) is 0 Å². The molecular formula is C27H41N3O2S2. The van der Waals surface area contributed by atoms with Gasteiger partial charge in [0, 0.05) is 67.2 Å². The van der Waals surface area contributed by atoms with E-state index in [2.05, 4.69) is 48.0 Å². The van der Waals surface area contributed by atoms with Crippen molar-refractivity contribution in [2.45, 2.75) is 70.7 Å². The molecule has 3 unspecified atom stereocenters. The van der Waals surface area contributed by atoms with Crippen molar-refractivity contribution in [1.82, 2.24) is 14.7 Å². The number of fused-ring (bicyclic) bond motifs is 1. The Morgan fingerprint density at radius 2 is 1.94 bits per heavy atom. The molecule has 0 radical (unpaired) electrons. The molecule has 3 heterocycles. The topological polar surface area (TPSA) is 43.9 Å². The van der Waals surface area contributed by atoms with Crippen molar-refractivity contribution in [3.05, 3.63) is 34.1 Å². The fraction of sp³-hybridized carbons (Fsp3) is 0.704. The summed E-state index contributed by atoms with van der Waals surface area (Å²) in [5.41, 5.74) is 0. The van der Waals surface area contributed by atoms with Crippen molar-refractivity contribution in [1.29, 1.82) is 0 Å². The minimum absolute atomic E-state index is 0.148. The van der Waals surface area contributed by atoms with E-state index in [9.17, 15) is 9.59 Å². The number of thiol groups is 1. The third kappa shape index (κ3) is 5.96. The van der Waals surface area contributed by atoms with Gasteiger partial charge >= 0.3 is 0 Å². The smallest absolute Gasteiger partial charge is 0.223 e. The van der Waals surface area contributed by atoms with Gasteiger partial charge < -0.3 is 9.80 Å². The van der Waals surface area contributed by atoms with Crippen LogP contribution in [-0.2, 0) is 9.59 Å². The van der Waals surface area contributed by atoms with E-state index in [1.165, 1.54) is 11.3 Å². The first-order chi connectivity index (χ1) is 16.3. The monoisotopic (exact) mass is 503 g/mol. The van der Waals surface area contributed by atoms with Gasteiger partial charge in [-0.05, 0) is 43.9 Å². The number of carbonyl (C=O) groups is 2. The lowest BCUT2D eigenvalue weighted by Crippen LogP contribution is -2.59. The van der Waals surface area contributed by atoms with Crippen LogP contribution in [0.2, 0.25) is 0 Å². The zero-order chi connectivity index (χ0) is 24.4. The number of carbonyl (C=O) groups excluding carboxylic acids is 2. The van der Waals surface area contributed by atoms with E-state index in [1.54, 1.807) is 6.92 Å². The van der Waals surface area contributed by atoms with Crippen molar-refractivity contribution in [2.75, 3.05) is 32.7 Å². The van der Waals surface area contributed by atoms with Crippen LogP contribution in [0.5, 0.6) is 0 Å². The van der Waals surface area contributed by atoms with Gasteiger partial charge in [0.1, 0.15) is 0 Å². The Morgan fingerprint density at radius 3 is 2.53 bits per heavy atom. The number of piperazine rings is 1. The highest BCUT2D eigenvalue weighted by Crippen LogP contribution is 2.55. The highest BCUT2D eigenvalue weighted by Gasteiger charge is 2.46. The molecule has 0 aromatic carbocycles. The van der Waals surface area contributed by atoms with Crippen LogP contribution in [0.15, 0.2) is 34.1 Å². The zero-order valence-electron chi connectivity index (χ0n) is 21.2. The fourth-order valence-electron chi connectivity index (χ4n) is 5.64. The minimum atomic E-state index is 0.148. The summed E-state index contributed by atoms with van der Waals surface area (Å²) in [4.78, 5) is 34.2. The maximum atomic E-state index is 13.4. The molecule has 4 aliphatic rings. The molecule has 5 nitrogen and oxygen atoms in total. The number of hydrogen-bond acceptors (Lipinski definition) is 5. The summed E-state index contributed by atoms with van der Waals surface area (Å²) in [6.45, 7) is 12.3. The van der Waals surface area contributed by atoms with Gasteiger partial charge in [0.2, 0.25) is 11.8 Å². The van der Waals surface area contributed by atoms with E-state index < -0.39 is 0 Å². The lowest BCUT2D eigenvalue weighted by atomic mass is 9.91. The molecule has 0 spiro atoms. The van der Waals surface area contributed by atoms with Gasteiger partial charge in [-0.15, -0.1) is 24.4 Å². The van der Waals surface area contributed by atoms with E-state index in [1.807, 2.05) is 23.6 Å². The highest BCUT2D eigenvalue weighted by atomic mass is 32.2. The van der Waals surface area contributed by atoms with Crippen molar-refractivity contribution < 1.29 is 9.59 Å². The van der Waals surface area contributed by atoms with Crippen molar-refractivity contribution in [3.63, 3.8) is 0 Å². The number of hydrogen-bond donors (Lipinski definition) is 1. The quantitative estimate of drug-likeness (QED) is 0.408. The summed E-state index contributed by atoms with van der Waals surface area (Å²) in [6, 6.07) is 0.414. The minimum Gasteiger partial charge on any atom is -0.343 e. The van der Waals surface area contributed by atoms with Gasteiger partial charge in [0.15, 0.2) is 0 Å². The van der Waals surface area contributed by atoms with Gasteiger partial charge in [0.25, 0.3) is 0 Å². The van der Waals surface area contributed by atoms with Crippen LogP contribution in [0.3, 0.4) is 0 Å². The summed E-state index contributed by atoms with van der Waals surface area (Å²) >= 11 is 6.99. The molecule has 0 N–H and O–H groups in total. The van der Waals surface area contributed by atoms with Gasteiger partial charge in [-0.2, -0.15) is 0 Å². The van der Waals surface area contributed by atoms with E-state index in [0.29, 0.717) is 24.2 Å². The van der Waals surface area contributed by atoms with Crippen molar-refractivity contribution >= 4 is 36.2 Å². The van der Waals surface area contributed by atoms with E-state index in [-0.39, 0.29) is 18.0 Å². The normalized spacial score (nSPS) is 29.5. The Labute approximate surface area is 215 Å². The number of nitrogens with zero attached hydrogens (tertiary/aromatic N) is 3. The van der Waals surface area contributed by atoms with Crippen LogP contribution in [0.4, 0.5) is 0 Å². The van der Waals surface area contributed by atoms with Gasteiger partial charge in [-0.3, -0.25) is 14.5 Å². The second-order valence-electron chi connectivity index (χ2n) is 10.7. The van der Waals surface area contributed by atoms with Crippen LogP contribution in [0, 0.1) is 17.8 Å². The SMILES string of the molecule is C/C=C\C=C(/S)C(C1=CC2CC2S1)N1CCN(C(=O)CC2CCN(C(C)=O)CC2)[C@@H](C(C)C)C1. The molecule has 7 heteroatoms. The molecule has 188 valence electrons. The van der Waals surface area contributed by atoms with E-state index in [0.717, 1.165) is 61.6 Å². The second kappa shape index (κ2) is 11.3. The Morgan fingerprint density at radius 1 is 1.21 bits per heavy atom. The highest BCUT2D eigenvalue weighted by molar-refractivity contribution is 8.04. The van der Waals surface area contributed by atoms with Gasteiger partial charge in [-0.1, -0.05) is 38.2 Å². The standard InChI is InChI=1S/C27H41N3O2S2/c1-5-6-7-23(33)27(25-16-21-15-24(21)34-25)29-12-13-30(22(17-29)18(2)3)26(32)14-20-8-10-28(11-9-20)19(4)31/h5-7,16,18,20-22,24,27,33H,8-15,17H2,1-4H3/b6-5-,23-7-/t21?,22-,24?,27?/m1/s1. The number of rotatable bonds is 7. The zero-order valence-corrected chi connectivity index (χ0v) is 22.9. The maximum absolute atomic E-state index is 13.4. The molecule has 1 aliphatic carbocycles. The van der Waals surface area contributed by atoms with E-state index >= 15 is 0 Å². The maximum Gasteiger partial charge on any atom is 0.223 e. The molecule has 4 rings (SSSR count). The molecule has 0 aromatic rings. The molecule has 4 atom stereocenters. The fourth-order valence-corrected chi connectivity index (χ4v) is 7.70. The number of amides is 2. The Kier molecular flexibility index (Phi) is 8.57. The van der Waals surface area contributed by atoms with Crippen LogP contribution in [0.1, 0.15) is 53.4 Å². The van der Waals surface area contributed by atoms with Gasteiger partial charge in [0.05, 0.1) is 6.04 Å².